The largest absolute Gasteiger partial charge is 0.479 e. The summed E-state index contributed by atoms with van der Waals surface area (Å²) in [4.78, 5) is 16.8. The normalized spacial score (nSPS) is 15.8. The Morgan fingerprint density at radius 1 is 1.12 bits per heavy atom. The number of carbonyl (C=O) groups is 1. The van der Waals surface area contributed by atoms with Gasteiger partial charge in [-0.05, 0) is 37.3 Å². The molecular weight excluding hydrogens is 404 g/mol. The van der Waals surface area contributed by atoms with Gasteiger partial charge in [0.1, 0.15) is 5.75 Å². The number of halogens is 2. The Hall–Kier alpha value is -1.72. The molecule has 1 heterocycles. The number of nitrogens with zero attached hydrogens (tertiary/aromatic N) is 2. The van der Waals surface area contributed by atoms with E-state index in [2.05, 4.69) is 33.0 Å². The van der Waals surface area contributed by atoms with Crippen molar-refractivity contribution in [3.8, 4) is 5.75 Å². The fourth-order valence-corrected chi connectivity index (χ4v) is 3.61. The van der Waals surface area contributed by atoms with Crippen molar-refractivity contribution in [2.24, 2.45) is 0 Å². The molecule has 1 fully saturated rings. The van der Waals surface area contributed by atoms with Gasteiger partial charge in [-0.25, -0.2) is 0 Å². The maximum absolute atomic E-state index is 12.7. The summed E-state index contributed by atoms with van der Waals surface area (Å²) < 4.78 is 6.64. The zero-order chi connectivity index (χ0) is 17.8. The minimum Gasteiger partial charge on any atom is -0.479 e. The second kappa shape index (κ2) is 8.11. The average molecular weight is 424 g/mol. The summed E-state index contributed by atoms with van der Waals surface area (Å²) in [6.45, 7) is 4.79. The molecule has 1 atom stereocenters. The Kier molecular flexibility index (Phi) is 5.86. The van der Waals surface area contributed by atoms with Crippen LogP contribution in [-0.2, 0) is 4.79 Å². The van der Waals surface area contributed by atoms with Gasteiger partial charge in [-0.3, -0.25) is 4.79 Å². The number of hydrogen-bond donors (Lipinski definition) is 0. The highest BCUT2D eigenvalue weighted by Gasteiger charge is 2.26. The quantitative estimate of drug-likeness (QED) is 0.738. The molecule has 0 saturated carbocycles. The molecule has 4 nitrogen and oxygen atoms in total. The molecule has 0 aromatic heterocycles. The monoisotopic (exact) mass is 422 g/mol. The molecule has 0 aliphatic carbocycles. The van der Waals surface area contributed by atoms with E-state index in [-0.39, 0.29) is 5.91 Å². The van der Waals surface area contributed by atoms with Crippen LogP contribution in [0.2, 0.25) is 5.02 Å². The molecule has 2 aromatic carbocycles. The molecule has 3 rings (SSSR count). The van der Waals surface area contributed by atoms with Gasteiger partial charge in [-0.2, -0.15) is 0 Å². The predicted octanol–water partition coefficient (Wildman–Crippen LogP) is 4.22. The highest BCUT2D eigenvalue weighted by Crippen LogP contribution is 2.28. The minimum atomic E-state index is -0.568. The number of amides is 1. The summed E-state index contributed by atoms with van der Waals surface area (Å²) in [5, 5.41) is 0.489. The molecule has 1 saturated heterocycles. The van der Waals surface area contributed by atoms with Gasteiger partial charge in [-0.1, -0.05) is 45.7 Å². The van der Waals surface area contributed by atoms with E-state index in [9.17, 15) is 4.79 Å². The van der Waals surface area contributed by atoms with Gasteiger partial charge in [0.25, 0.3) is 5.91 Å². The molecule has 132 valence electrons. The molecule has 0 spiro atoms. The van der Waals surface area contributed by atoms with Gasteiger partial charge in [0.15, 0.2) is 6.10 Å². The molecule has 1 amide bonds. The summed E-state index contributed by atoms with van der Waals surface area (Å²) >= 11 is 9.52. The van der Waals surface area contributed by atoms with Crippen molar-refractivity contribution in [3.63, 3.8) is 0 Å². The fourth-order valence-electron chi connectivity index (χ4n) is 2.89. The first kappa shape index (κ1) is 18.1. The number of anilines is 1. The summed E-state index contributed by atoms with van der Waals surface area (Å²) in [7, 11) is 0. The van der Waals surface area contributed by atoms with Crippen molar-refractivity contribution in [3.05, 3.63) is 58.0 Å². The Morgan fingerprint density at radius 3 is 2.44 bits per heavy atom. The number of benzene rings is 2. The maximum Gasteiger partial charge on any atom is 0.263 e. The first-order valence-corrected chi connectivity index (χ1v) is 9.42. The highest BCUT2D eigenvalue weighted by atomic mass is 79.9. The molecule has 0 radical (unpaired) electrons. The summed E-state index contributed by atoms with van der Waals surface area (Å²) in [5.74, 6) is 0.514. The standard InChI is InChI=1S/C19H20BrClN2O2/c1-14(25-18-8-7-15(20)13-17(18)21)19(24)23-11-9-22(10-12-23)16-5-3-2-4-6-16/h2-8,13-14H,9-12H2,1H3/t14-/m1/s1. The van der Waals surface area contributed by atoms with Crippen molar-refractivity contribution in [2.75, 3.05) is 31.1 Å². The third-order valence-electron chi connectivity index (χ3n) is 4.26. The summed E-state index contributed by atoms with van der Waals surface area (Å²) in [6, 6.07) is 15.6. The smallest absolute Gasteiger partial charge is 0.263 e. The van der Waals surface area contributed by atoms with Crippen molar-refractivity contribution in [1.29, 1.82) is 0 Å². The van der Waals surface area contributed by atoms with E-state index in [1.807, 2.05) is 29.2 Å². The molecule has 0 N–H and O–H groups in total. The molecule has 0 unspecified atom stereocenters. The van der Waals surface area contributed by atoms with Crippen LogP contribution in [0.1, 0.15) is 6.92 Å². The van der Waals surface area contributed by atoms with Crippen LogP contribution in [0.5, 0.6) is 5.75 Å². The van der Waals surface area contributed by atoms with E-state index in [4.69, 9.17) is 16.3 Å². The van der Waals surface area contributed by atoms with Crippen LogP contribution >= 0.6 is 27.5 Å². The van der Waals surface area contributed by atoms with E-state index < -0.39 is 6.10 Å². The number of hydrogen-bond acceptors (Lipinski definition) is 3. The lowest BCUT2D eigenvalue weighted by Gasteiger charge is -2.37. The second-order valence-corrected chi connectivity index (χ2v) is 7.31. The maximum atomic E-state index is 12.7. The van der Waals surface area contributed by atoms with Gasteiger partial charge in [0, 0.05) is 36.3 Å². The lowest BCUT2D eigenvalue weighted by atomic mass is 10.2. The van der Waals surface area contributed by atoms with Crippen LogP contribution < -0.4 is 9.64 Å². The third kappa shape index (κ3) is 4.47. The Labute approximate surface area is 161 Å². The van der Waals surface area contributed by atoms with Crippen LogP contribution in [0, 0.1) is 0 Å². The minimum absolute atomic E-state index is 0.00769. The number of carbonyl (C=O) groups excluding carboxylic acids is 1. The van der Waals surface area contributed by atoms with Crippen molar-refractivity contribution >= 4 is 39.1 Å². The average Bonchev–Trinajstić information content (AvgIpc) is 2.64. The third-order valence-corrected chi connectivity index (χ3v) is 5.05. The Morgan fingerprint density at radius 2 is 1.80 bits per heavy atom. The fraction of sp³-hybridized carbons (Fsp3) is 0.316. The van der Waals surface area contributed by atoms with E-state index >= 15 is 0 Å². The van der Waals surface area contributed by atoms with E-state index in [0.29, 0.717) is 23.9 Å². The zero-order valence-electron chi connectivity index (χ0n) is 14.0. The second-order valence-electron chi connectivity index (χ2n) is 5.98. The van der Waals surface area contributed by atoms with E-state index in [1.54, 1.807) is 19.1 Å². The number of para-hydroxylation sites is 1. The van der Waals surface area contributed by atoms with Crippen LogP contribution in [0.4, 0.5) is 5.69 Å². The highest BCUT2D eigenvalue weighted by molar-refractivity contribution is 9.10. The van der Waals surface area contributed by atoms with Crippen molar-refractivity contribution < 1.29 is 9.53 Å². The Bertz CT molecular complexity index is 733. The van der Waals surface area contributed by atoms with E-state index in [1.165, 1.54) is 5.69 Å². The van der Waals surface area contributed by atoms with Crippen LogP contribution in [-0.4, -0.2) is 43.1 Å². The van der Waals surface area contributed by atoms with Gasteiger partial charge < -0.3 is 14.5 Å². The van der Waals surface area contributed by atoms with Gasteiger partial charge in [0.2, 0.25) is 0 Å². The zero-order valence-corrected chi connectivity index (χ0v) is 16.3. The first-order valence-electron chi connectivity index (χ1n) is 8.25. The van der Waals surface area contributed by atoms with E-state index in [0.717, 1.165) is 17.6 Å². The van der Waals surface area contributed by atoms with Crippen LogP contribution in [0.25, 0.3) is 0 Å². The molecule has 0 bridgehead atoms. The lowest BCUT2D eigenvalue weighted by Crippen LogP contribution is -2.52. The van der Waals surface area contributed by atoms with Gasteiger partial charge in [0.05, 0.1) is 5.02 Å². The number of piperazine rings is 1. The van der Waals surface area contributed by atoms with Crippen LogP contribution in [0.3, 0.4) is 0 Å². The SMILES string of the molecule is C[C@@H](Oc1ccc(Br)cc1Cl)C(=O)N1CCN(c2ccccc2)CC1. The van der Waals surface area contributed by atoms with Gasteiger partial charge in [-0.15, -0.1) is 0 Å². The molecule has 6 heteroatoms. The topological polar surface area (TPSA) is 32.8 Å². The van der Waals surface area contributed by atoms with Crippen molar-refractivity contribution in [1.82, 2.24) is 4.90 Å². The first-order chi connectivity index (χ1) is 12.0. The lowest BCUT2D eigenvalue weighted by molar-refractivity contribution is -0.138. The molecule has 1 aliphatic rings. The van der Waals surface area contributed by atoms with Crippen LogP contribution in [0.15, 0.2) is 53.0 Å². The number of rotatable bonds is 4. The Balaban J connectivity index is 1.56. The van der Waals surface area contributed by atoms with Crippen molar-refractivity contribution in [2.45, 2.75) is 13.0 Å². The molecular formula is C19H20BrClN2O2. The summed E-state index contributed by atoms with van der Waals surface area (Å²) in [5.41, 5.74) is 1.19. The predicted molar refractivity (Wildman–Crippen MR) is 104 cm³/mol. The molecule has 1 aliphatic heterocycles. The molecule has 25 heavy (non-hydrogen) atoms. The summed E-state index contributed by atoms with van der Waals surface area (Å²) in [6.07, 6.45) is -0.568. The number of ether oxygens (including phenoxy) is 1. The molecule has 2 aromatic rings. The van der Waals surface area contributed by atoms with Gasteiger partial charge >= 0.3 is 0 Å².